The number of aryl methyl sites for hydroxylation is 2. The van der Waals surface area contributed by atoms with Gasteiger partial charge in [0, 0.05) is 0 Å². The Kier molecular flexibility index (Phi) is 4.02. The molecule has 0 saturated heterocycles. The van der Waals surface area contributed by atoms with Crippen LogP contribution < -0.4 is 10.6 Å². The number of anilines is 1. The lowest BCUT2D eigenvalue weighted by Gasteiger charge is -2.15. The second-order valence-corrected chi connectivity index (χ2v) is 4.68. The van der Waals surface area contributed by atoms with Gasteiger partial charge in [-0.1, -0.05) is 12.1 Å². The Morgan fingerprint density at radius 1 is 1.30 bits per heavy atom. The molecule has 3 N–H and O–H groups in total. The number of carbonyl (C=O) groups is 1. The Hall–Kier alpha value is -2.37. The van der Waals surface area contributed by atoms with Crippen molar-refractivity contribution >= 4 is 11.7 Å². The van der Waals surface area contributed by atoms with E-state index in [9.17, 15) is 9.18 Å². The Morgan fingerprint density at radius 3 is 2.50 bits per heavy atom. The third kappa shape index (κ3) is 3.14. The fraction of sp³-hybridized carbons (Fsp3) is 0.286. The summed E-state index contributed by atoms with van der Waals surface area (Å²) in [6, 6.07) is 5.49. The van der Waals surface area contributed by atoms with Gasteiger partial charge in [-0.25, -0.2) is 9.18 Å². The molecule has 0 bridgehead atoms. The first kappa shape index (κ1) is 14.0. The molecule has 1 heterocycles. The first-order chi connectivity index (χ1) is 9.47. The van der Waals surface area contributed by atoms with E-state index < -0.39 is 0 Å². The number of aromatic nitrogens is 2. The number of urea groups is 1. The summed E-state index contributed by atoms with van der Waals surface area (Å²) in [5.74, 6) is -0.296. The predicted molar refractivity (Wildman–Crippen MR) is 75.0 cm³/mol. The van der Waals surface area contributed by atoms with E-state index in [0.29, 0.717) is 5.69 Å². The molecule has 2 aromatic rings. The molecule has 5 nitrogen and oxygen atoms in total. The largest absolute Gasteiger partial charge is 0.331 e. The van der Waals surface area contributed by atoms with Crippen LogP contribution >= 0.6 is 0 Å². The van der Waals surface area contributed by atoms with Crippen molar-refractivity contribution in [3.63, 3.8) is 0 Å². The van der Waals surface area contributed by atoms with Crippen molar-refractivity contribution in [2.45, 2.75) is 26.8 Å². The van der Waals surface area contributed by atoms with E-state index >= 15 is 0 Å². The highest BCUT2D eigenvalue weighted by atomic mass is 19.1. The maximum absolute atomic E-state index is 12.8. The molecule has 6 heteroatoms. The van der Waals surface area contributed by atoms with E-state index in [4.69, 9.17) is 0 Å². The molecule has 0 spiro atoms. The molecule has 20 heavy (non-hydrogen) atoms. The molecule has 0 fully saturated rings. The van der Waals surface area contributed by atoms with E-state index in [2.05, 4.69) is 20.8 Å². The van der Waals surface area contributed by atoms with E-state index in [-0.39, 0.29) is 17.9 Å². The van der Waals surface area contributed by atoms with Gasteiger partial charge in [-0.2, -0.15) is 5.10 Å². The second kappa shape index (κ2) is 5.73. The molecule has 1 atom stereocenters. The quantitative estimate of drug-likeness (QED) is 0.806. The van der Waals surface area contributed by atoms with Crippen molar-refractivity contribution in [1.29, 1.82) is 0 Å². The normalized spacial score (nSPS) is 12.0. The van der Waals surface area contributed by atoms with Crippen molar-refractivity contribution in [3.05, 3.63) is 47.0 Å². The molecule has 2 amide bonds. The van der Waals surface area contributed by atoms with Crippen LogP contribution in [0.1, 0.15) is 29.9 Å². The highest BCUT2D eigenvalue weighted by Crippen LogP contribution is 2.17. The lowest BCUT2D eigenvalue weighted by Crippen LogP contribution is -2.31. The summed E-state index contributed by atoms with van der Waals surface area (Å²) in [4.78, 5) is 11.9. The number of benzene rings is 1. The van der Waals surface area contributed by atoms with Gasteiger partial charge >= 0.3 is 6.03 Å². The molecule has 0 unspecified atom stereocenters. The summed E-state index contributed by atoms with van der Waals surface area (Å²) in [7, 11) is 0. The maximum Gasteiger partial charge on any atom is 0.319 e. The minimum atomic E-state index is -0.325. The van der Waals surface area contributed by atoms with E-state index in [1.54, 1.807) is 12.1 Å². The smallest absolute Gasteiger partial charge is 0.319 e. The standard InChI is InChI=1S/C14H17FN4O/c1-8(11-4-6-12(15)7-5-11)16-14(20)17-13-9(2)18-19-10(13)3/h4-8H,1-3H3,(H,18,19)(H2,16,17,20)/t8-/m1/s1. The predicted octanol–water partition coefficient (Wildman–Crippen LogP) is 3.05. The minimum absolute atomic E-state index is 0.219. The van der Waals surface area contributed by atoms with Crippen LogP contribution in [0.5, 0.6) is 0 Å². The second-order valence-electron chi connectivity index (χ2n) is 4.68. The van der Waals surface area contributed by atoms with E-state index in [1.165, 1.54) is 12.1 Å². The van der Waals surface area contributed by atoms with Crippen LogP contribution in [-0.2, 0) is 0 Å². The summed E-state index contributed by atoms with van der Waals surface area (Å²) >= 11 is 0. The van der Waals surface area contributed by atoms with Crippen molar-refractivity contribution in [3.8, 4) is 0 Å². The number of hydrogen-bond donors (Lipinski definition) is 3. The first-order valence-corrected chi connectivity index (χ1v) is 6.32. The summed E-state index contributed by atoms with van der Waals surface area (Å²) in [6.45, 7) is 5.48. The highest BCUT2D eigenvalue weighted by molar-refractivity contribution is 5.90. The molecule has 2 rings (SSSR count). The topological polar surface area (TPSA) is 69.8 Å². The lowest BCUT2D eigenvalue weighted by atomic mass is 10.1. The minimum Gasteiger partial charge on any atom is -0.331 e. The van der Waals surface area contributed by atoms with Crippen LogP contribution in [0.25, 0.3) is 0 Å². The Bertz CT molecular complexity index is 587. The van der Waals surface area contributed by atoms with Gasteiger partial charge < -0.3 is 10.6 Å². The van der Waals surface area contributed by atoms with Crippen LogP contribution in [0.3, 0.4) is 0 Å². The van der Waals surface area contributed by atoms with Crippen LogP contribution in [0, 0.1) is 19.7 Å². The monoisotopic (exact) mass is 276 g/mol. The average Bonchev–Trinajstić information content (AvgIpc) is 2.71. The third-order valence-corrected chi connectivity index (χ3v) is 3.08. The average molecular weight is 276 g/mol. The zero-order chi connectivity index (χ0) is 14.7. The number of carbonyl (C=O) groups excluding carboxylic acids is 1. The van der Waals surface area contributed by atoms with Crippen LogP contribution in [-0.4, -0.2) is 16.2 Å². The van der Waals surface area contributed by atoms with Crippen molar-refractivity contribution in [2.24, 2.45) is 0 Å². The first-order valence-electron chi connectivity index (χ1n) is 6.32. The lowest BCUT2D eigenvalue weighted by molar-refractivity contribution is 0.249. The van der Waals surface area contributed by atoms with Gasteiger partial charge in [0.05, 0.1) is 23.1 Å². The molecule has 0 aliphatic heterocycles. The molecule has 0 aliphatic carbocycles. The van der Waals surface area contributed by atoms with Crippen LogP contribution in [0.4, 0.5) is 14.9 Å². The van der Waals surface area contributed by atoms with Gasteiger partial charge in [-0.15, -0.1) is 0 Å². The van der Waals surface area contributed by atoms with Crippen LogP contribution in [0.2, 0.25) is 0 Å². The van der Waals surface area contributed by atoms with Gasteiger partial charge in [0.15, 0.2) is 0 Å². The number of amides is 2. The van der Waals surface area contributed by atoms with E-state index in [0.717, 1.165) is 17.0 Å². The Morgan fingerprint density at radius 2 is 1.95 bits per heavy atom. The SMILES string of the molecule is Cc1n[nH]c(C)c1NC(=O)N[C@H](C)c1ccc(F)cc1. The summed E-state index contributed by atoms with van der Waals surface area (Å²) in [5.41, 5.74) is 3.04. The van der Waals surface area contributed by atoms with Crippen molar-refractivity contribution in [1.82, 2.24) is 15.5 Å². The number of aromatic amines is 1. The Balaban J connectivity index is 1.99. The number of H-pyrrole nitrogens is 1. The van der Waals surface area contributed by atoms with Crippen molar-refractivity contribution < 1.29 is 9.18 Å². The molecule has 0 saturated carbocycles. The van der Waals surface area contributed by atoms with Gasteiger partial charge in [0.2, 0.25) is 0 Å². The number of hydrogen-bond acceptors (Lipinski definition) is 2. The fourth-order valence-electron chi connectivity index (χ4n) is 1.92. The molecule has 0 aliphatic rings. The van der Waals surface area contributed by atoms with Gasteiger partial charge in [-0.05, 0) is 38.5 Å². The zero-order valence-corrected chi connectivity index (χ0v) is 11.6. The summed E-state index contributed by atoms with van der Waals surface area (Å²) < 4.78 is 12.8. The van der Waals surface area contributed by atoms with E-state index in [1.807, 2.05) is 20.8 Å². The summed E-state index contributed by atoms with van der Waals surface area (Å²) in [5, 5.41) is 12.4. The van der Waals surface area contributed by atoms with Gasteiger partial charge in [0.25, 0.3) is 0 Å². The number of nitrogens with one attached hydrogen (secondary N) is 3. The fourth-order valence-corrected chi connectivity index (χ4v) is 1.92. The number of halogens is 1. The summed E-state index contributed by atoms with van der Waals surface area (Å²) in [6.07, 6.45) is 0. The number of rotatable bonds is 3. The number of nitrogens with zero attached hydrogens (tertiary/aromatic N) is 1. The molecule has 106 valence electrons. The molecule has 1 aromatic heterocycles. The molecule has 0 radical (unpaired) electrons. The van der Waals surface area contributed by atoms with Crippen molar-refractivity contribution in [2.75, 3.05) is 5.32 Å². The maximum atomic E-state index is 12.8. The molecular formula is C14H17FN4O. The van der Waals surface area contributed by atoms with Gasteiger partial charge in [0.1, 0.15) is 5.82 Å². The Labute approximate surface area is 116 Å². The molecule has 1 aromatic carbocycles. The molecular weight excluding hydrogens is 259 g/mol. The highest BCUT2D eigenvalue weighted by Gasteiger charge is 2.13. The van der Waals surface area contributed by atoms with Crippen LogP contribution in [0.15, 0.2) is 24.3 Å². The van der Waals surface area contributed by atoms with Gasteiger partial charge in [-0.3, -0.25) is 5.10 Å². The third-order valence-electron chi connectivity index (χ3n) is 3.08. The zero-order valence-electron chi connectivity index (χ0n) is 11.6.